The van der Waals surface area contributed by atoms with Gasteiger partial charge >= 0.3 is 18.2 Å². The fraction of sp³-hybridized carbons (Fsp3) is 0.812. The Bertz CT molecular complexity index is 466. The van der Waals surface area contributed by atoms with Crippen molar-refractivity contribution in [3.05, 3.63) is 0 Å². The minimum atomic E-state index is -1.24. The Kier molecular flexibility index (Phi) is 8.68. The highest BCUT2D eigenvalue weighted by Crippen LogP contribution is 2.09. The van der Waals surface area contributed by atoms with Crippen LogP contribution in [0.1, 0.15) is 54.4 Å². The second-order valence-corrected chi connectivity index (χ2v) is 7.65. The number of nitrogens with one attached hydrogen (secondary N) is 2. The third-order valence-electron chi connectivity index (χ3n) is 2.66. The number of amides is 2. The Hall–Kier alpha value is -2.03. The fourth-order valence-electron chi connectivity index (χ4n) is 1.68. The summed E-state index contributed by atoms with van der Waals surface area (Å²) in [7, 11) is 0. The van der Waals surface area contributed by atoms with Gasteiger partial charge in [0.1, 0.15) is 17.2 Å². The number of aliphatic hydroxyl groups is 1. The van der Waals surface area contributed by atoms with Gasteiger partial charge in [-0.1, -0.05) is 0 Å². The largest absolute Gasteiger partial charge is 0.480 e. The molecular weight excluding hydrogens is 332 g/mol. The molecule has 2 atom stereocenters. The Labute approximate surface area is 148 Å². The maximum atomic E-state index is 11.6. The van der Waals surface area contributed by atoms with Crippen molar-refractivity contribution in [2.75, 3.05) is 6.54 Å². The standard InChI is InChI=1S/C16H30N2O7/c1-15(2,3)24-13(22)17-9-10(19)7-8-11(12(20)21)18-14(23)25-16(4,5)6/h10-11,19H,7-9H2,1-6H3,(H,17,22)(H,18,23)(H,20,21). The van der Waals surface area contributed by atoms with Gasteiger partial charge in [-0.2, -0.15) is 0 Å². The number of aliphatic carboxylic acids is 1. The molecule has 0 aliphatic heterocycles. The van der Waals surface area contributed by atoms with Gasteiger partial charge in [0.15, 0.2) is 0 Å². The monoisotopic (exact) mass is 362 g/mol. The third kappa shape index (κ3) is 13.0. The van der Waals surface area contributed by atoms with E-state index >= 15 is 0 Å². The van der Waals surface area contributed by atoms with Gasteiger partial charge in [-0.3, -0.25) is 0 Å². The lowest BCUT2D eigenvalue weighted by Crippen LogP contribution is -2.44. The van der Waals surface area contributed by atoms with Gasteiger partial charge < -0.3 is 30.3 Å². The van der Waals surface area contributed by atoms with Crippen LogP contribution in [0.5, 0.6) is 0 Å². The smallest absolute Gasteiger partial charge is 0.408 e. The molecule has 0 saturated heterocycles. The molecule has 0 radical (unpaired) electrons. The molecule has 0 aromatic rings. The molecule has 9 heteroatoms. The van der Waals surface area contributed by atoms with Gasteiger partial charge in [0.05, 0.1) is 6.10 Å². The summed E-state index contributed by atoms with van der Waals surface area (Å²) in [5.74, 6) is -1.24. The number of hydrogen-bond acceptors (Lipinski definition) is 6. The average Bonchev–Trinajstić information content (AvgIpc) is 2.36. The van der Waals surface area contributed by atoms with E-state index in [1.807, 2.05) is 0 Å². The van der Waals surface area contributed by atoms with E-state index in [1.165, 1.54) is 0 Å². The van der Waals surface area contributed by atoms with Crippen molar-refractivity contribution in [1.82, 2.24) is 10.6 Å². The summed E-state index contributed by atoms with van der Waals surface area (Å²) in [6, 6.07) is -1.20. The van der Waals surface area contributed by atoms with Crippen LogP contribution in [0, 0.1) is 0 Å². The summed E-state index contributed by atoms with van der Waals surface area (Å²) in [5, 5.41) is 23.6. The number of carbonyl (C=O) groups excluding carboxylic acids is 2. The van der Waals surface area contributed by atoms with Crippen molar-refractivity contribution in [3.63, 3.8) is 0 Å². The van der Waals surface area contributed by atoms with Crippen molar-refractivity contribution in [2.24, 2.45) is 0 Å². The third-order valence-corrected chi connectivity index (χ3v) is 2.66. The van der Waals surface area contributed by atoms with Crippen LogP contribution in [0.15, 0.2) is 0 Å². The first kappa shape index (κ1) is 23.0. The number of carbonyl (C=O) groups is 3. The molecule has 0 aromatic heterocycles. The minimum Gasteiger partial charge on any atom is -0.480 e. The van der Waals surface area contributed by atoms with E-state index in [9.17, 15) is 19.5 Å². The van der Waals surface area contributed by atoms with Crippen LogP contribution < -0.4 is 10.6 Å². The van der Waals surface area contributed by atoms with E-state index < -0.39 is 41.5 Å². The number of carboxylic acids is 1. The molecular formula is C16H30N2O7. The molecule has 0 spiro atoms. The second-order valence-electron chi connectivity index (χ2n) is 7.65. The molecule has 0 aliphatic carbocycles. The van der Waals surface area contributed by atoms with Crippen LogP contribution in [-0.4, -0.2) is 58.3 Å². The van der Waals surface area contributed by atoms with Crippen molar-refractivity contribution in [2.45, 2.75) is 77.7 Å². The summed E-state index contributed by atoms with van der Waals surface area (Å²) in [6.45, 7) is 10.0. The molecule has 0 bridgehead atoms. The molecule has 0 aromatic carbocycles. The van der Waals surface area contributed by atoms with E-state index in [1.54, 1.807) is 41.5 Å². The zero-order chi connectivity index (χ0) is 19.8. The molecule has 9 nitrogen and oxygen atoms in total. The Morgan fingerprint density at radius 2 is 1.40 bits per heavy atom. The molecule has 0 aliphatic rings. The summed E-state index contributed by atoms with van der Waals surface area (Å²) in [5.41, 5.74) is -1.40. The number of aliphatic hydroxyl groups excluding tert-OH is 1. The van der Waals surface area contributed by atoms with Crippen molar-refractivity contribution in [3.8, 4) is 0 Å². The average molecular weight is 362 g/mol. The van der Waals surface area contributed by atoms with Gasteiger partial charge in [-0.15, -0.1) is 0 Å². The molecule has 146 valence electrons. The Balaban J connectivity index is 4.32. The molecule has 0 rings (SSSR count). The summed E-state index contributed by atoms with van der Waals surface area (Å²) in [6.07, 6.45) is -2.46. The lowest BCUT2D eigenvalue weighted by Gasteiger charge is -2.23. The van der Waals surface area contributed by atoms with Crippen LogP contribution in [0.4, 0.5) is 9.59 Å². The highest BCUT2D eigenvalue weighted by atomic mass is 16.6. The van der Waals surface area contributed by atoms with Crippen molar-refractivity contribution >= 4 is 18.2 Å². The van der Waals surface area contributed by atoms with Gasteiger partial charge in [0.25, 0.3) is 0 Å². The van der Waals surface area contributed by atoms with Gasteiger partial charge in [0.2, 0.25) is 0 Å². The zero-order valence-electron chi connectivity index (χ0n) is 15.7. The highest BCUT2D eigenvalue weighted by molar-refractivity contribution is 5.79. The quantitative estimate of drug-likeness (QED) is 0.541. The maximum Gasteiger partial charge on any atom is 0.408 e. The molecule has 2 unspecified atom stereocenters. The van der Waals surface area contributed by atoms with E-state index in [0.717, 1.165) is 0 Å². The molecule has 4 N–H and O–H groups in total. The number of carboxylic acid groups (broad SMARTS) is 1. The number of alkyl carbamates (subject to hydrolysis) is 2. The van der Waals surface area contributed by atoms with E-state index in [4.69, 9.17) is 14.6 Å². The topological polar surface area (TPSA) is 134 Å². The molecule has 0 heterocycles. The molecule has 25 heavy (non-hydrogen) atoms. The van der Waals surface area contributed by atoms with Crippen molar-refractivity contribution in [1.29, 1.82) is 0 Å². The highest BCUT2D eigenvalue weighted by Gasteiger charge is 2.25. The van der Waals surface area contributed by atoms with Crippen LogP contribution in [0.3, 0.4) is 0 Å². The predicted molar refractivity (Wildman–Crippen MR) is 90.3 cm³/mol. The predicted octanol–water partition coefficient (Wildman–Crippen LogP) is 1.63. The number of hydrogen-bond donors (Lipinski definition) is 4. The van der Waals surface area contributed by atoms with Crippen LogP contribution >= 0.6 is 0 Å². The first-order valence-corrected chi connectivity index (χ1v) is 8.07. The minimum absolute atomic E-state index is 0.0221. The molecule has 2 amide bonds. The summed E-state index contributed by atoms with van der Waals surface area (Å²) in [4.78, 5) is 34.3. The maximum absolute atomic E-state index is 11.6. The van der Waals surface area contributed by atoms with E-state index in [-0.39, 0.29) is 19.4 Å². The van der Waals surface area contributed by atoms with Gasteiger partial charge in [-0.05, 0) is 54.4 Å². The Morgan fingerprint density at radius 1 is 0.920 bits per heavy atom. The van der Waals surface area contributed by atoms with Gasteiger partial charge in [-0.25, -0.2) is 14.4 Å². The second kappa shape index (κ2) is 9.45. The fourth-order valence-corrected chi connectivity index (χ4v) is 1.68. The number of rotatable bonds is 7. The molecule has 0 fully saturated rings. The summed E-state index contributed by atoms with van der Waals surface area (Å²) < 4.78 is 10.0. The molecule has 0 saturated carbocycles. The normalized spacial score (nSPS) is 14.2. The van der Waals surface area contributed by atoms with E-state index in [2.05, 4.69) is 10.6 Å². The zero-order valence-corrected chi connectivity index (χ0v) is 15.7. The lowest BCUT2D eigenvalue weighted by molar-refractivity contribution is -0.139. The first-order chi connectivity index (χ1) is 11.2. The van der Waals surface area contributed by atoms with Crippen molar-refractivity contribution < 1.29 is 34.1 Å². The SMILES string of the molecule is CC(C)(C)OC(=O)NCC(O)CCC(NC(=O)OC(C)(C)C)C(=O)O. The Morgan fingerprint density at radius 3 is 1.84 bits per heavy atom. The van der Waals surface area contributed by atoms with E-state index in [0.29, 0.717) is 0 Å². The van der Waals surface area contributed by atoms with Crippen LogP contribution in [0.25, 0.3) is 0 Å². The summed E-state index contributed by atoms with van der Waals surface area (Å²) >= 11 is 0. The first-order valence-electron chi connectivity index (χ1n) is 8.07. The van der Waals surface area contributed by atoms with Crippen LogP contribution in [-0.2, 0) is 14.3 Å². The lowest BCUT2D eigenvalue weighted by atomic mass is 10.1. The number of ether oxygens (including phenoxy) is 2. The van der Waals surface area contributed by atoms with Gasteiger partial charge in [0, 0.05) is 6.54 Å². The van der Waals surface area contributed by atoms with Crippen LogP contribution in [0.2, 0.25) is 0 Å².